The first-order chi connectivity index (χ1) is 17.1. The molecule has 180 valence electrons. The molecule has 1 atom stereocenters. The lowest BCUT2D eigenvalue weighted by Gasteiger charge is -2.40. The first-order valence-electron chi connectivity index (χ1n) is 12.1. The molecule has 0 bridgehead atoms. The van der Waals surface area contributed by atoms with E-state index in [0.717, 1.165) is 23.5 Å². The van der Waals surface area contributed by atoms with E-state index in [9.17, 15) is 5.11 Å². The van der Waals surface area contributed by atoms with E-state index in [2.05, 4.69) is 24.3 Å². The van der Waals surface area contributed by atoms with Crippen molar-refractivity contribution in [1.82, 2.24) is 0 Å². The van der Waals surface area contributed by atoms with E-state index in [1.54, 1.807) is 0 Å². The van der Waals surface area contributed by atoms with Gasteiger partial charge in [-0.3, -0.25) is 0 Å². The normalized spacial score (nSPS) is 12.9. The van der Waals surface area contributed by atoms with Crippen LogP contribution in [0.3, 0.4) is 0 Å². The summed E-state index contributed by atoms with van der Waals surface area (Å²) in [6.45, 7) is 0. The smallest absolute Gasteiger partial charge is 0.158 e. The van der Waals surface area contributed by atoms with Crippen LogP contribution in [0.5, 0.6) is 0 Å². The third-order valence-electron chi connectivity index (χ3n) is 6.67. The first kappa shape index (κ1) is 25.5. The molecule has 0 amide bonds. The molecular formula is C31H33O2PS. The predicted molar refractivity (Wildman–Crippen MR) is 152 cm³/mol. The third kappa shape index (κ3) is 5.98. The second-order valence-corrected chi connectivity index (χ2v) is 13.1. The molecule has 2 nitrogen and oxygen atoms in total. The quantitative estimate of drug-likeness (QED) is 0.233. The summed E-state index contributed by atoms with van der Waals surface area (Å²) in [6.07, 6.45) is 4.52. The molecule has 0 saturated carbocycles. The zero-order valence-electron chi connectivity index (χ0n) is 20.2. The van der Waals surface area contributed by atoms with E-state index in [1.165, 1.54) is 22.9 Å². The fourth-order valence-corrected chi connectivity index (χ4v) is 10.4. The molecule has 4 aromatic carbocycles. The summed E-state index contributed by atoms with van der Waals surface area (Å²) in [6, 6.07) is 40.0. The predicted octanol–water partition coefficient (Wildman–Crippen LogP) is 6.69. The van der Waals surface area contributed by atoms with Crippen LogP contribution in [-0.2, 0) is 17.4 Å². The highest BCUT2D eigenvalue weighted by molar-refractivity contribution is 8.08. The van der Waals surface area contributed by atoms with Gasteiger partial charge in [-0.15, -0.1) is 0 Å². The van der Waals surface area contributed by atoms with Gasteiger partial charge in [0.15, 0.2) is 7.14 Å². The number of aliphatic hydroxyl groups is 1. The number of rotatable bonds is 11. The Balaban J connectivity index is 1.77. The fraction of sp³-hybridized carbons (Fsp3) is 0.226. The maximum Gasteiger partial charge on any atom is 0.158 e. The van der Waals surface area contributed by atoms with Crippen molar-refractivity contribution in [2.75, 3.05) is 6.26 Å². The number of hydrogen-bond donors (Lipinski definition) is 1. The summed E-state index contributed by atoms with van der Waals surface area (Å²) in [5.41, 5.74) is 1.23. The minimum atomic E-state index is -3.19. The maximum atomic E-state index is 15.2. The number of hydrogen-bond acceptors (Lipinski definition) is 3. The monoisotopic (exact) mass is 500 g/mol. The molecule has 1 unspecified atom stereocenters. The Labute approximate surface area is 213 Å². The number of benzene rings is 4. The average Bonchev–Trinajstić information content (AvgIpc) is 2.93. The van der Waals surface area contributed by atoms with Gasteiger partial charge in [0.25, 0.3) is 0 Å². The van der Waals surface area contributed by atoms with Crippen molar-refractivity contribution in [1.29, 1.82) is 0 Å². The summed E-state index contributed by atoms with van der Waals surface area (Å²) in [4.78, 5) is -0.479. The van der Waals surface area contributed by atoms with Crippen LogP contribution in [0.2, 0.25) is 0 Å². The Kier molecular flexibility index (Phi) is 8.68. The van der Waals surface area contributed by atoms with Crippen molar-refractivity contribution in [3.63, 3.8) is 0 Å². The van der Waals surface area contributed by atoms with Gasteiger partial charge in [0.1, 0.15) is 0 Å². The van der Waals surface area contributed by atoms with Crippen LogP contribution >= 0.6 is 18.9 Å². The standard InChI is InChI=1S/C31H33O2PS/c1-35-30(34(33,28-18-10-4-11-19-28)29-20-12-5-13-21-29)31(32,24-22-26-14-6-2-7-15-26)25-23-27-16-8-3-9-17-27/h2-21,30,32H,22-25H2,1H3. The van der Waals surface area contributed by atoms with Crippen LogP contribution in [0.1, 0.15) is 24.0 Å². The molecule has 0 aliphatic rings. The Morgan fingerprint density at radius 2 is 1.00 bits per heavy atom. The molecule has 0 heterocycles. The lowest BCUT2D eigenvalue weighted by molar-refractivity contribution is 0.0381. The van der Waals surface area contributed by atoms with Gasteiger partial charge in [0.05, 0.1) is 10.6 Å². The van der Waals surface area contributed by atoms with E-state index in [0.29, 0.717) is 12.8 Å². The zero-order valence-corrected chi connectivity index (χ0v) is 21.9. The van der Waals surface area contributed by atoms with Crippen molar-refractivity contribution >= 4 is 29.5 Å². The molecule has 35 heavy (non-hydrogen) atoms. The molecule has 4 aromatic rings. The van der Waals surface area contributed by atoms with Gasteiger partial charge in [0.2, 0.25) is 0 Å². The van der Waals surface area contributed by atoms with Gasteiger partial charge in [-0.05, 0) is 43.1 Å². The summed E-state index contributed by atoms with van der Waals surface area (Å²) < 4.78 is 15.2. The topological polar surface area (TPSA) is 37.3 Å². The lowest BCUT2D eigenvalue weighted by Crippen LogP contribution is -2.45. The summed E-state index contributed by atoms with van der Waals surface area (Å²) in [7, 11) is -3.19. The van der Waals surface area contributed by atoms with Gasteiger partial charge >= 0.3 is 0 Å². The Hall–Kier alpha value is -2.58. The van der Waals surface area contributed by atoms with E-state index in [-0.39, 0.29) is 0 Å². The lowest BCUT2D eigenvalue weighted by atomic mass is 9.90. The van der Waals surface area contributed by atoms with Gasteiger partial charge < -0.3 is 9.67 Å². The highest BCUT2D eigenvalue weighted by atomic mass is 32.2. The molecule has 0 saturated heterocycles. The van der Waals surface area contributed by atoms with Gasteiger partial charge in [-0.25, -0.2) is 0 Å². The van der Waals surface area contributed by atoms with Crippen molar-refractivity contribution in [3.05, 3.63) is 132 Å². The Morgan fingerprint density at radius 3 is 1.34 bits per heavy atom. The fourth-order valence-electron chi connectivity index (χ4n) is 4.81. The first-order valence-corrected chi connectivity index (χ1v) is 15.2. The SMILES string of the molecule is CSC(C(O)(CCc1ccccc1)CCc1ccccc1)P(=O)(c1ccccc1)c1ccccc1. The van der Waals surface area contributed by atoms with Crippen LogP contribution in [0.15, 0.2) is 121 Å². The van der Waals surface area contributed by atoms with E-state index < -0.39 is 17.7 Å². The van der Waals surface area contributed by atoms with E-state index >= 15 is 4.57 Å². The molecule has 0 aliphatic heterocycles. The average molecular weight is 501 g/mol. The highest BCUT2D eigenvalue weighted by Gasteiger charge is 2.48. The van der Waals surface area contributed by atoms with Crippen molar-refractivity contribution in [2.45, 2.75) is 36.3 Å². The summed E-state index contributed by atoms with van der Waals surface area (Å²) in [5, 5.41) is 14.0. The molecule has 0 radical (unpaired) electrons. The Bertz CT molecular complexity index is 1130. The van der Waals surface area contributed by atoms with Gasteiger partial charge in [-0.1, -0.05) is 121 Å². The minimum absolute atomic E-state index is 0.479. The Morgan fingerprint density at radius 1 is 0.657 bits per heavy atom. The van der Waals surface area contributed by atoms with E-state index in [1.807, 2.05) is 103 Å². The highest BCUT2D eigenvalue weighted by Crippen LogP contribution is 2.58. The second kappa shape index (κ2) is 11.9. The van der Waals surface area contributed by atoms with Crippen LogP contribution in [0, 0.1) is 0 Å². The second-order valence-electron chi connectivity index (χ2n) is 8.99. The molecule has 4 heteroatoms. The summed E-state index contributed by atoms with van der Waals surface area (Å²) in [5.74, 6) is 0. The van der Waals surface area contributed by atoms with Gasteiger partial charge in [0, 0.05) is 10.6 Å². The zero-order chi connectivity index (χ0) is 24.6. The van der Waals surface area contributed by atoms with Crippen molar-refractivity contribution in [3.8, 4) is 0 Å². The molecule has 0 aliphatic carbocycles. The number of thioether (sulfide) groups is 1. The van der Waals surface area contributed by atoms with E-state index in [4.69, 9.17) is 0 Å². The summed E-state index contributed by atoms with van der Waals surface area (Å²) >= 11 is 1.53. The van der Waals surface area contributed by atoms with Crippen molar-refractivity contribution in [2.24, 2.45) is 0 Å². The molecule has 0 spiro atoms. The third-order valence-corrected chi connectivity index (χ3v) is 12.4. The molecule has 1 N–H and O–H groups in total. The van der Waals surface area contributed by atoms with Gasteiger partial charge in [-0.2, -0.15) is 11.8 Å². The molecule has 4 rings (SSSR count). The minimum Gasteiger partial charge on any atom is -0.388 e. The van der Waals surface area contributed by atoms with Crippen LogP contribution in [0.4, 0.5) is 0 Å². The molecule has 0 aromatic heterocycles. The largest absolute Gasteiger partial charge is 0.388 e. The van der Waals surface area contributed by atoms with Crippen molar-refractivity contribution < 1.29 is 9.67 Å². The maximum absolute atomic E-state index is 15.2. The van der Waals surface area contributed by atoms with Crippen LogP contribution in [0.25, 0.3) is 0 Å². The van der Waals surface area contributed by atoms with Crippen LogP contribution in [-0.4, -0.2) is 22.0 Å². The van der Waals surface area contributed by atoms with Crippen LogP contribution < -0.4 is 10.6 Å². The number of aryl methyl sites for hydroxylation is 2. The molecular weight excluding hydrogens is 467 g/mol. The molecule has 0 fully saturated rings.